The Morgan fingerprint density at radius 1 is 1.50 bits per heavy atom. The Hall–Kier alpha value is -0.780. The number of carbonyl (C=O) groups excluding carboxylic acids is 1. The van der Waals surface area contributed by atoms with Gasteiger partial charge in [-0.25, -0.2) is 0 Å². The summed E-state index contributed by atoms with van der Waals surface area (Å²) in [7, 11) is 0. The number of rotatable bonds is 3. The van der Waals surface area contributed by atoms with Crippen LogP contribution in [0.25, 0.3) is 0 Å². The molecule has 1 fully saturated rings. The molecule has 0 aliphatic carbocycles. The van der Waals surface area contributed by atoms with E-state index in [4.69, 9.17) is 5.73 Å². The van der Waals surface area contributed by atoms with Crippen LogP contribution in [-0.4, -0.2) is 35.6 Å². The summed E-state index contributed by atoms with van der Waals surface area (Å²) >= 11 is 0. The number of hydrogen-bond donors (Lipinski definition) is 1. The molecule has 0 radical (unpaired) electrons. The molecule has 1 aliphatic rings. The molecule has 1 unspecified atom stereocenters. The van der Waals surface area contributed by atoms with Crippen molar-refractivity contribution in [2.75, 3.05) is 13.1 Å². The molecule has 1 heterocycles. The SMILES string of the molecule is CCCC(=O)N1CCCC1(CN)C(F)(F)F. The molecule has 1 aliphatic heterocycles. The second-order valence-corrected chi connectivity index (χ2v) is 4.13. The van der Waals surface area contributed by atoms with Gasteiger partial charge in [-0.3, -0.25) is 4.79 Å². The van der Waals surface area contributed by atoms with Gasteiger partial charge in [0.2, 0.25) is 5.91 Å². The lowest BCUT2D eigenvalue weighted by Gasteiger charge is -2.39. The van der Waals surface area contributed by atoms with E-state index in [1.165, 1.54) is 0 Å². The molecule has 0 saturated carbocycles. The molecule has 16 heavy (non-hydrogen) atoms. The lowest BCUT2D eigenvalue weighted by Crippen LogP contribution is -2.61. The van der Waals surface area contributed by atoms with Crippen LogP contribution in [0.3, 0.4) is 0 Å². The highest BCUT2D eigenvalue weighted by Crippen LogP contribution is 2.42. The average Bonchev–Trinajstić information content (AvgIpc) is 2.61. The minimum atomic E-state index is -4.44. The van der Waals surface area contributed by atoms with Crippen LogP contribution < -0.4 is 5.73 Å². The molecule has 0 aromatic heterocycles. The summed E-state index contributed by atoms with van der Waals surface area (Å²) in [6.45, 7) is 1.38. The van der Waals surface area contributed by atoms with Crippen LogP contribution in [0.2, 0.25) is 0 Å². The van der Waals surface area contributed by atoms with Crippen LogP contribution in [0.15, 0.2) is 0 Å². The lowest BCUT2D eigenvalue weighted by atomic mass is 9.95. The van der Waals surface area contributed by atoms with Gasteiger partial charge in [-0.1, -0.05) is 6.92 Å². The van der Waals surface area contributed by atoms with Gasteiger partial charge in [0.25, 0.3) is 0 Å². The van der Waals surface area contributed by atoms with E-state index in [0.29, 0.717) is 12.8 Å². The Bertz CT molecular complexity index is 267. The third kappa shape index (κ3) is 2.03. The van der Waals surface area contributed by atoms with E-state index in [2.05, 4.69) is 0 Å². The highest BCUT2D eigenvalue weighted by molar-refractivity contribution is 5.77. The van der Waals surface area contributed by atoms with Crippen molar-refractivity contribution in [3.63, 3.8) is 0 Å². The monoisotopic (exact) mass is 238 g/mol. The van der Waals surface area contributed by atoms with Crippen LogP contribution in [0.5, 0.6) is 0 Å². The fourth-order valence-corrected chi connectivity index (χ4v) is 2.21. The Morgan fingerprint density at radius 2 is 2.12 bits per heavy atom. The molecule has 1 rings (SSSR count). The number of likely N-dealkylation sites (tertiary alicyclic amines) is 1. The van der Waals surface area contributed by atoms with Crippen molar-refractivity contribution in [1.29, 1.82) is 0 Å². The molecule has 0 aromatic rings. The van der Waals surface area contributed by atoms with Gasteiger partial charge in [0.05, 0.1) is 0 Å². The predicted octanol–water partition coefficient (Wildman–Crippen LogP) is 1.67. The van der Waals surface area contributed by atoms with Crippen LogP contribution in [0.4, 0.5) is 13.2 Å². The van der Waals surface area contributed by atoms with Gasteiger partial charge in [0.15, 0.2) is 5.54 Å². The van der Waals surface area contributed by atoms with E-state index in [0.717, 1.165) is 4.90 Å². The van der Waals surface area contributed by atoms with Crippen molar-refractivity contribution < 1.29 is 18.0 Å². The number of nitrogens with zero attached hydrogens (tertiary/aromatic N) is 1. The summed E-state index contributed by atoms with van der Waals surface area (Å²) in [5.41, 5.74) is 3.14. The van der Waals surface area contributed by atoms with Gasteiger partial charge < -0.3 is 10.6 Å². The minimum Gasteiger partial charge on any atom is -0.328 e. The van der Waals surface area contributed by atoms with Crippen LogP contribution in [-0.2, 0) is 4.79 Å². The van der Waals surface area contributed by atoms with Gasteiger partial charge in [-0.2, -0.15) is 13.2 Å². The first-order chi connectivity index (χ1) is 7.39. The summed E-state index contributed by atoms with van der Waals surface area (Å²) in [5.74, 6) is -0.442. The summed E-state index contributed by atoms with van der Waals surface area (Å²) in [6.07, 6.45) is -3.46. The topological polar surface area (TPSA) is 46.3 Å². The van der Waals surface area contributed by atoms with Crippen molar-refractivity contribution in [2.24, 2.45) is 5.73 Å². The number of carbonyl (C=O) groups is 1. The second-order valence-electron chi connectivity index (χ2n) is 4.13. The zero-order chi connectivity index (χ0) is 12.4. The molecule has 3 nitrogen and oxygen atoms in total. The minimum absolute atomic E-state index is 0.0809. The molecule has 0 aromatic carbocycles. The summed E-state index contributed by atoms with van der Waals surface area (Å²) in [4.78, 5) is 12.6. The van der Waals surface area contributed by atoms with Gasteiger partial charge in [0.1, 0.15) is 0 Å². The lowest BCUT2D eigenvalue weighted by molar-refractivity contribution is -0.220. The standard InChI is InChI=1S/C10H17F3N2O/c1-2-4-8(16)15-6-3-5-9(15,7-14)10(11,12)13/h2-7,14H2,1H3. The Morgan fingerprint density at radius 3 is 2.56 bits per heavy atom. The normalized spacial score (nSPS) is 26.2. The maximum atomic E-state index is 13.0. The highest BCUT2D eigenvalue weighted by atomic mass is 19.4. The Kier molecular flexibility index (Phi) is 3.83. The zero-order valence-corrected chi connectivity index (χ0v) is 9.31. The van der Waals surface area contributed by atoms with E-state index in [1.54, 1.807) is 6.92 Å². The molecule has 6 heteroatoms. The fourth-order valence-electron chi connectivity index (χ4n) is 2.21. The average molecular weight is 238 g/mol. The summed E-state index contributed by atoms with van der Waals surface area (Å²) in [5, 5.41) is 0. The first kappa shape index (κ1) is 13.3. The van der Waals surface area contributed by atoms with E-state index < -0.39 is 24.2 Å². The van der Waals surface area contributed by atoms with Crippen LogP contribution >= 0.6 is 0 Å². The Labute approximate surface area is 92.8 Å². The number of amides is 1. The predicted molar refractivity (Wildman–Crippen MR) is 53.7 cm³/mol. The van der Waals surface area contributed by atoms with E-state index in [-0.39, 0.29) is 19.4 Å². The molecule has 94 valence electrons. The first-order valence-electron chi connectivity index (χ1n) is 5.46. The van der Waals surface area contributed by atoms with E-state index >= 15 is 0 Å². The Balaban J connectivity index is 2.95. The third-order valence-electron chi connectivity index (χ3n) is 3.12. The molecule has 2 N–H and O–H groups in total. The maximum absolute atomic E-state index is 13.0. The van der Waals surface area contributed by atoms with Crippen LogP contribution in [0.1, 0.15) is 32.6 Å². The first-order valence-corrected chi connectivity index (χ1v) is 5.46. The van der Waals surface area contributed by atoms with Gasteiger partial charge in [-0.05, 0) is 19.3 Å². The molecule has 1 amide bonds. The van der Waals surface area contributed by atoms with Gasteiger partial charge in [-0.15, -0.1) is 0 Å². The van der Waals surface area contributed by atoms with Crippen molar-refractivity contribution in [2.45, 2.75) is 44.3 Å². The zero-order valence-electron chi connectivity index (χ0n) is 9.31. The number of alkyl halides is 3. The quantitative estimate of drug-likeness (QED) is 0.813. The van der Waals surface area contributed by atoms with E-state index in [9.17, 15) is 18.0 Å². The van der Waals surface area contributed by atoms with Crippen molar-refractivity contribution in [3.8, 4) is 0 Å². The summed E-state index contributed by atoms with van der Waals surface area (Å²) < 4.78 is 39.0. The largest absolute Gasteiger partial charge is 0.412 e. The molecule has 1 saturated heterocycles. The number of halogens is 3. The number of nitrogens with two attached hydrogens (primary N) is 1. The summed E-state index contributed by atoms with van der Waals surface area (Å²) in [6, 6.07) is 0. The molecule has 0 spiro atoms. The molecular weight excluding hydrogens is 221 g/mol. The van der Waals surface area contributed by atoms with Crippen molar-refractivity contribution in [1.82, 2.24) is 4.90 Å². The van der Waals surface area contributed by atoms with Crippen molar-refractivity contribution >= 4 is 5.91 Å². The highest BCUT2D eigenvalue weighted by Gasteiger charge is 2.60. The smallest absolute Gasteiger partial charge is 0.328 e. The van der Waals surface area contributed by atoms with Crippen LogP contribution in [0, 0.1) is 0 Å². The molecular formula is C10H17F3N2O. The molecule has 1 atom stereocenters. The van der Waals surface area contributed by atoms with Gasteiger partial charge in [0, 0.05) is 19.5 Å². The second kappa shape index (κ2) is 4.61. The van der Waals surface area contributed by atoms with Gasteiger partial charge >= 0.3 is 6.18 Å². The number of hydrogen-bond acceptors (Lipinski definition) is 2. The van der Waals surface area contributed by atoms with Crippen molar-refractivity contribution in [3.05, 3.63) is 0 Å². The third-order valence-corrected chi connectivity index (χ3v) is 3.12. The van der Waals surface area contributed by atoms with E-state index in [1.807, 2.05) is 0 Å². The maximum Gasteiger partial charge on any atom is 0.412 e. The fraction of sp³-hybridized carbons (Fsp3) is 0.900. The molecule has 0 bridgehead atoms.